The Kier molecular flexibility index (Phi) is 5.13. The maximum absolute atomic E-state index is 11.2. The number of benzene rings is 1. The summed E-state index contributed by atoms with van der Waals surface area (Å²) in [7, 11) is 1.62. The van der Waals surface area contributed by atoms with E-state index >= 15 is 0 Å². The fourth-order valence-electron chi connectivity index (χ4n) is 2.39. The number of morpholine rings is 1. The van der Waals surface area contributed by atoms with Crippen molar-refractivity contribution in [3.63, 3.8) is 0 Å². The number of hydrogen-bond donors (Lipinski definition) is 1. The molecule has 1 fully saturated rings. The van der Waals surface area contributed by atoms with Crippen molar-refractivity contribution in [2.75, 3.05) is 26.1 Å². The molecule has 1 heterocycles. The molecule has 1 aliphatic heterocycles. The van der Waals surface area contributed by atoms with E-state index in [1.807, 2.05) is 13.0 Å². The van der Waals surface area contributed by atoms with E-state index in [4.69, 9.17) is 32.7 Å². The van der Waals surface area contributed by atoms with Crippen molar-refractivity contribution in [2.45, 2.75) is 19.4 Å². The van der Waals surface area contributed by atoms with Gasteiger partial charge < -0.3 is 14.8 Å². The molecule has 0 aliphatic carbocycles. The third-order valence-electron chi connectivity index (χ3n) is 3.39. The van der Waals surface area contributed by atoms with Gasteiger partial charge in [0.2, 0.25) is 5.91 Å². The summed E-state index contributed by atoms with van der Waals surface area (Å²) in [5.41, 5.74) is 2.75. The smallest absolute Gasteiger partial charge is 0.246 e. The first kappa shape index (κ1) is 15.4. The summed E-state index contributed by atoms with van der Waals surface area (Å²) in [5.74, 6) is 1.12. The van der Waals surface area contributed by atoms with Crippen LogP contribution in [-0.4, -0.2) is 32.0 Å². The van der Waals surface area contributed by atoms with Gasteiger partial charge in [-0.2, -0.15) is 0 Å². The molecule has 1 aromatic rings. The molecule has 1 aliphatic rings. The molecular formula is C14H17Cl2NO3. The van der Waals surface area contributed by atoms with Crippen molar-refractivity contribution in [2.24, 2.45) is 0 Å². The Labute approximate surface area is 128 Å². The average Bonchev–Trinajstić information content (AvgIpc) is 2.44. The normalized spacial score (nSPS) is 18.8. The van der Waals surface area contributed by atoms with E-state index in [9.17, 15) is 4.79 Å². The number of methoxy groups -OCH3 is 1. The van der Waals surface area contributed by atoms with E-state index in [1.165, 1.54) is 0 Å². The molecule has 1 saturated heterocycles. The largest absolute Gasteiger partial charge is 0.496 e. The predicted molar refractivity (Wildman–Crippen MR) is 78.9 cm³/mol. The molecule has 4 nitrogen and oxygen atoms in total. The molecule has 0 radical (unpaired) electrons. The number of amides is 1. The molecule has 0 bridgehead atoms. The molecule has 1 unspecified atom stereocenters. The number of halogens is 2. The van der Waals surface area contributed by atoms with Gasteiger partial charge in [0, 0.05) is 23.0 Å². The van der Waals surface area contributed by atoms with Crippen LogP contribution in [0.2, 0.25) is 5.02 Å². The third kappa shape index (κ3) is 3.03. The van der Waals surface area contributed by atoms with E-state index in [2.05, 4.69) is 5.32 Å². The highest BCUT2D eigenvalue weighted by molar-refractivity contribution is 6.31. The first-order valence-electron chi connectivity index (χ1n) is 6.38. The van der Waals surface area contributed by atoms with Crippen molar-refractivity contribution in [1.82, 2.24) is 5.32 Å². The van der Waals surface area contributed by atoms with Gasteiger partial charge in [-0.3, -0.25) is 4.79 Å². The molecule has 1 amide bonds. The number of nitrogens with one attached hydrogen (secondary N) is 1. The first-order chi connectivity index (χ1) is 9.58. The van der Waals surface area contributed by atoms with Crippen LogP contribution in [0.4, 0.5) is 0 Å². The Balaban J connectivity index is 2.46. The maximum Gasteiger partial charge on any atom is 0.246 e. The number of carbonyl (C=O) groups is 1. The van der Waals surface area contributed by atoms with Crippen LogP contribution >= 0.6 is 23.2 Å². The van der Waals surface area contributed by atoms with E-state index < -0.39 is 0 Å². The van der Waals surface area contributed by atoms with Gasteiger partial charge in [0.1, 0.15) is 18.5 Å². The average molecular weight is 318 g/mol. The monoisotopic (exact) mass is 317 g/mol. The molecule has 2 rings (SSSR count). The van der Waals surface area contributed by atoms with Crippen molar-refractivity contribution >= 4 is 29.1 Å². The number of rotatable bonds is 4. The third-order valence-corrected chi connectivity index (χ3v) is 3.97. The summed E-state index contributed by atoms with van der Waals surface area (Å²) >= 11 is 12.1. The Hall–Kier alpha value is -0.970. The standard InChI is InChI=1S/C14H17Cl2NO3/c1-8-10(16)5-9(3-4-15)14(19-2)13(8)11-6-17-12(18)7-20-11/h5,11H,3-4,6-7H2,1-2H3,(H,17,18). The Bertz CT molecular complexity index is 510. The van der Waals surface area contributed by atoms with Gasteiger partial charge >= 0.3 is 0 Å². The van der Waals surface area contributed by atoms with Crippen molar-refractivity contribution in [3.8, 4) is 5.75 Å². The van der Waals surface area contributed by atoms with E-state index in [1.54, 1.807) is 7.11 Å². The van der Waals surface area contributed by atoms with Crippen LogP contribution in [0.5, 0.6) is 5.75 Å². The van der Waals surface area contributed by atoms with Crippen LogP contribution in [0.1, 0.15) is 22.8 Å². The van der Waals surface area contributed by atoms with Crippen LogP contribution < -0.4 is 10.1 Å². The zero-order valence-electron chi connectivity index (χ0n) is 11.5. The minimum absolute atomic E-state index is 0.0462. The van der Waals surface area contributed by atoms with Gasteiger partial charge in [-0.05, 0) is 30.5 Å². The SMILES string of the molecule is COc1c(CCCl)cc(Cl)c(C)c1C1CNC(=O)CO1. The highest BCUT2D eigenvalue weighted by Gasteiger charge is 2.27. The summed E-state index contributed by atoms with van der Waals surface area (Å²) < 4.78 is 11.1. The molecule has 6 heteroatoms. The number of alkyl halides is 1. The number of ether oxygens (including phenoxy) is 2. The molecule has 0 spiro atoms. The lowest BCUT2D eigenvalue weighted by atomic mass is 9.96. The number of carbonyl (C=O) groups excluding carboxylic acids is 1. The summed E-state index contributed by atoms with van der Waals surface area (Å²) in [6, 6.07) is 1.88. The zero-order chi connectivity index (χ0) is 14.7. The molecule has 0 aromatic heterocycles. The van der Waals surface area contributed by atoms with Crippen molar-refractivity contribution in [3.05, 3.63) is 27.8 Å². The summed E-state index contributed by atoms with van der Waals surface area (Å²) in [6.45, 7) is 2.38. The Morgan fingerprint density at radius 1 is 1.55 bits per heavy atom. The van der Waals surface area contributed by atoms with Crippen LogP contribution in [0.3, 0.4) is 0 Å². The van der Waals surface area contributed by atoms with Gasteiger partial charge in [-0.1, -0.05) is 11.6 Å². The van der Waals surface area contributed by atoms with Gasteiger partial charge in [0.25, 0.3) is 0 Å². The second kappa shape index (κ2) is 6.66. The van der Waals surface area contributed by atoms with Gasteiger partial charge in [-0.15, -0.1) is 11.6 Å². The number of aryl methyl sites for hydroxylation is 1. The molecule has 1 aromatic carbocycles. The highest BCUT2D eigenvalue weighted by Crippen LogP contribution is 2.38. The lowest BCUT2D eigenvalue weighted by molar-refractivity contribution is -0.133. The van der Waals surface area contributed by atoms with Crippen LogP contribution in [0.25, 0.3) is 0 Å². The highest BCUT2D eigenvalue weighted by atomic mass is 35.5. The quantitative estimate of drug-likeness (QED) is 0.868. The van der Waals surface area contributed by atoms with Crippen molar-refractivity contribution in [1.29, 1.82) is 0 Å². The molecule has 110 valence electrons. The zero-order valence-corrected chi connectivity index (χ0v) is 13.0. The van der Waals surface area contributed by atoms with Crippen LogP contribution in [0, 0.1) is 6.92 Å². The summed E-state index contributed by atoms with van der Waals surface area (Å²) in [5, 5.41) is 3.45. The second-order valence-corrected chi connectivity index (χ2v) is 5.42. The fraction of sp³-hybridized carbons (Fsp3) is 0.500. The molecule has 1 N–H and O–H groups in total. The lowest BCUT2D eigenvalue weighted by Crippen LogP contribution is -2.39. The first-order valence-corrected chi connectivity index (χ1v) is 7.29. The van der Waals surface area contributed by atoms with Crippen LogP contribution in [0.15, 0.2) is 6.07 Å². The summed E-state index contributed by atoms with van der Waals surface area (Å²) in [4.78, 5) is 11.2. The second-order valence-electron chi connectivity index (χ2n) is 4.63. The van der Waals surface area contributed by atoms with E-state index in [-0.39, 0.29) is 18.6 Å². The molecule has 1 atom stereocenters. The van der Waals surface area contributed by atoms with Gasteiger partial charge in [-0.25, -0.2) is 0 Å². The Morgan fingerprint density at radius 3 is 2.85 bits per heavy atom. The maximum atomic E-state index is 11.2. The fourth-order valence-corrected chi connectivity index (χ4v) is 2.83. The minimum atomic E-state index is -0.254. The minimum Gasteiger partial charge on any atom is -0.496 e. The van der Waals surface area contributed by atoms with E-state index in [0.717, 1.165) is 22.4 Å². The topological polar surface area (TPSA) is 47.6 Å². The van der Waals surface area contributed by atoms with Crippen LogP contribution in [-0.2, 0) is 16.0 Å². The van der Waals surface area contributed by atoms with Gasteiger partial charge in [0.05, 0.1) is 7.11 Å². The van der Waals surface area contributed by atoms with E-state index in [0.29, 0.717) is 23.9 Å². The molecule has 0 saturated carbocycles. The lowest BCUT2D eigenvalue weighted by Gasteiger charge is -2.28. The molecular weight excluding hydrogens is 301 g/mol. The van der Waals surface area contributed by atoms with Gasteiger partial charge in [0.15, 0.2) is 0 Å². The van der Waals surface area contributed by atoms with Crippen molar-refractivity contribution < 1.29 is 14.3 Å². The predicted octanol–water partition coefficient (Wildman–Crippen LogP) is 2.63. The Morgan fingerprint density at radius 2 is 2.30 bits per heavy atom. The summed E-state index contributed by atoms with van der Waals surface area (Å²) in [6.07, 6.45) is 0.409. The molecule has 20 heavy (non-hydrogen) atoms. The number of hydrogen-bond acceptors (Lipinski definition) is 3.